The Morgan fingerprint density at radius 2 is 1.96 bits per heavy atom. The van der Waals surface area contributed by atoms with Crippen LogP contribution in [0.4, 0.5) is 11.4 Å². The molecule has 0 saturated heterocycles. The summed E-state index contributed by atoms with van der Waals surface area (Å²) in [7, 11) is -2.45. The predicted molar refractivity (Wildman–Crippen MR) is 94.8 cm³/mol. The summed E-state index contributed by atoms with van der Waals surface area (Å²) in [6.07, 6.45) is 0.697. The van der Waals surface area contributed by atoms with E-state index < -0.39 is 16.0 Å². The van der Waals surface area contributed by atoms with Crippen molar-refractivity contribution in [3.63, 3.8) is 0 Å². The van der Waals surface area contributed by atoms with E-state index in [2.05, 4.69) is 5.32 Å². The second-order valence-electron chi connectivity index (χ2n) is 6.21. The van der Waals surface area contributed by atoms with Gasteiger partial charge in [0.1, 0.15) is 0 Å². The zero-order valence-electron chi connectivity index (χ0n) is 14.0. The molecule has 2 aliphatic rings. The van der Waals surface area contributed by atoms with Gasteiger partial charge in [-0.3, -0.25) is 9.10 Å². The maximum absolute atomic E-state index is 13.1. The highest BCUT2D eigenvalue weighted by atomic mass is 32.2. The lowest BCUT2D eigenvalue weighted by Gasteiger charge is -2.20. The van der Waals surface area contributed by atoms with Crippen LogP contribution in [0.3, 0.4) is 0 Å². The van der Waals surface area contributed by atoms with Crippen molar-refractivity contribution in [2.75, 3.05) is 23.3 Å². The lowest BCUT2D eigenvalue weighted by Crippen LogP contribution is -2.29. The average Bonchev–Trinajstić information content (AvgIpc) is 3.22. The van der Waals surface area contributed by atoms with Gasteiger partial charge in [-0.25, -0.2) is 13.2 Å². The first-order valence-electron chi connectivity index (χ1n) is 8.07. The summed E-state index contributed by atoms with van der Waals surface area (Å²) >= 11 is 0. The highest BCUT2D eigenvalue weighted by Gasteiger charge is 2.32. The number of benzene rings is 2. The van der Waals surface area contributed by atoms with E-state index in [4.69, 9.17) is 4.74 Å². The second kappa shape index (κ2) is 5.84. The van der Waals surface area contributed by atoms with Gasteiger partial charge in [0.2, 0.25) is 5.91 Å². The van der Waals surface area contributed by atoms with Crippen molar-refractivity contribution in [2.24, 2.45) is 0 Å². The molecule has 134 valence electrons. The third-order valence-electron chi connectivity index (χ3n) is 4.64. The van der Waals surface area contributed by atoms with Crippen LogP contribution in [0.5, 0.6) is 0 Å². The van der Waals surface area contributed by atoms with Crippen LogP contribution in [0.2, 0.25) is 0 Å². The summed E-state index contributed by atoms with van der Waals surface area (Å²) in [5.41, 5.74) is 3.07. The van der Waals surface area contributed by atoms with Crippen LogP contribution >= 0.6 is 0 Å². The predicted octanol–water partition coefficient (Wildman–Crippen LogP) is 1.72. The number of hydrogen-bond acceptors (Lipinski definition) is 5. The SMILES string of the molecule is COC(=O)c1ccc2c(c1)CCN2S(=O)(=O)c1ccc2c(c1)CC(=O)N2. The van der Waals surface area contributed by atoms with E-state index in [0.29, 0.717) is 35.5 Å². The Morgan fingerprint density at radius 1 is 1.15 bits per heavy atom. The van der Waals surface area contributed by atoms with Gasteiger partial charge in [-0.15, -0.1) is 0 Å². The third-order valence-corrected chi connectivity index (χ3v) is 6.45. The van der Waals surface area contributed by atoms with Crippen LogP contribution in [0.15, 0.2) is 41.3 Å². The van der Waals surface area contributed by atoms with Gasteiger partial charge in [-0.1, -0.05) is 0 Å². The van der Waals surface area contributed by atoms with Crippen LogP contribution in [0, 0.1) is 0 Å². The first kappa shape index (κ1) is 16.6. The Kier molecular flexibility index (Phi) is 3.73. The number of nitrogens with zero attached hydrogens (tertiary/aromatic N) is 1. The van der Waals surface area contributed by atoms with Gasteiger partial charge < -0.3 is 10.1 Å². The molecule has 0 aliphatic carbocycles. The quantitative estimate of drug-likeness (QED) is 0.828. The fraction of sp³-hybridized carbons (Fsp3) is 0.222. The third kappa shape index (κ3) is 2.53. The molecule has 1 N–H and O–H groups in total. The van der Waals surface area contributed by atoms with E-state index in [9.17, 15) is 18.0 Å². The number of esters is 1. The molecule has 0 unspecified atom stereocenters. The van der Waals surface area contributed by atoms with Crippen molar-refractivity contribution in [1.82, 2.24) is 0 Å². The van der Waals surface area contributed by atoms with Crippen molar-refractivity contribution < 1.29 is 22.7 Å². The first-order chi connectivity index (χ1) is 12.4. The fourth-order valence-corrected chi connectivity index (χ4v) is 4.91. The zero-order valence-corrected chi connectivity index (χ0v) is 14.8. The van der Waals surface area contributed by atoms with Crippen molar-refractivity contribution in [3.05, 3.63) is 53.1 Å². The maximum Gasteiger partial charge on any atom is 0.337 e. The number of methoxy groups -OCH3 is 1. The molecule has 0 aromatic heterocycles. The number of rotatable bonds is 3. The molecular weight excluding hydrogens is 356 g/mol. The summed E-state index contributed by atoms with van der Waals surface area (Å²) in [6, 6.07) is 9.52. The van der Waals surface area contributed by atoms with Gasteiger partial charge in [0.15, 0.2) is 0 Å². The van der Waals surface area contributed by atoms with Gasteiger partial charge in [0.25, 0.3) is 10.0 Å². The standard InChI is InChI=1S/C18H16N2O5S/c1-25-18(22)12-2-5-16-11(8-12)6-7-20(16)26(23,24)14-3-4-15-13(9-14)10-17(21)19-15/h2-5,8-9H,6-7,10H2,1H3,(H,19,21). The van der Waals surface area contributed by atoms with Crippen LogP contribution in [-0.4, -0.2) is 33.9 Å². The van der Waals surface area contributed by atoms with Gasteiger partial charge in [0.05, 0.1) is 29.7 Å². The van der Waals surface area contributed by atoms with E-state index in [1.807, 2.05) is 0 Å². The number of sulfonamides is 1. The molecule has 8 heteroatoms. The van der Waals surface area contributed by atoms with E-state index in [1.54, 1.807) is 30.3 Å². The molecule has 0 fully saturated rings. The Hall–Kier alpha value is -2.87. The minimum Gasteiger partial charge on any atom is -0.465 e. The minimum absolute atomic E-state index is 0.142. The molecule has 0 radical (unpaired) electrons. The highest BCUT2D eigenvalue weighted by Crippen LogP contribution is 2.35. The Morgan fingerprint density at radius 3 is 2.73 bits per heavy atom. The number of carbonyl (C=O) groups excluding carboxylic acids is 2. The van der Waals surface area contributed by atoms with Crippen molar-refractivity contribution in [3.8, 4) is 0 Å². The Bertz CT molecular complexity index is 1050. The van der Waals surface area contributed by atoms with Crippen molar-refractivity contribution in [1.29, 1.82) is 0 Å². The summed E-state index contributed by atoms with van der Waals surface area (Å²) < 4.78 is 32.2. The minimum atomic E-state index is -3.75. The number of nitrogens with one attached hydrogen (secondary N) is 1. The summed E-state index contributed by atoms with van der Waals surface area (Å²) in [4.78, 5) is 23.3. The molecule has 1 amide bonds. The fourth-order valence-electron chi connectivity index (χ4n) is 3.36. The smallest absolute Gasteiger partial charge is 0.337 e. The van der Waals surface area contributed by atoms with Crippen LogP contribution in [0.25, 0.3) is 0 Å². The lowest BCUT2D eigenvalue weighted by molar-refractivity contribution is -0.115. The molecule has 2 aliphatic heterocycles. The first-order valence-corrected chi connectivity index (χ1v) is 9.51. The summed E-state index contributed by atoms with van der Waals surface area (Å²) in [5, 5.41) is 2.69. The molecule has 7 nitrogen and oxygen atoms in total. The van der Waals surface area contributed by atoms with E-state index >= 15 is 0 Å². The van der Waals surface area contributed by atoms with Crippen LogP contribution in [0.1, 0.15) is 21.5 Å². The second-order valence-corrected chi connectivity index (χ2v) is 8.07. The molecule has 26 heavy (non-hydrogen) atoms. The molecule has 2 aromatic rings. The summed E-state index contributed by atoms with van der Waals surface area (Å²) in [5.74, 6) is -0.596. The number of amides is 1. The normalized spacial score (nSPS) is 15.4. The highest BCUT2D eigenvalue weighted by molar-refractivity contribution is 7.92. The number of hydrogen-bond donors (Lipinski definition) is 1. The van der Waals surface area contributed by atoms with Crippen LogP contribution < -0.4 is 9.62 Å². The van der Waals surface area contributed by atoms with Gasteiger partial charge in [0, 0.05) is 12.2 Å². The van der Waals surface area contributed by atoms with Crippen molar-refractivity contribution >= 4 is 33.3 Å². The van der Waals surface area contributed by atoms with Crippen molar-refractivity contribution in [2.45, 2.75) is 17.7 Å². The lowest BCUT2D eigenvalue weighted by atomic mass is 10.1. The largest absolute Gasteiger partial charge is 0.465 e. The zero-order chi connectivity index (χ0) is 18.5. The Labute approximate surface area is 150 Å². The molecule has 0 bridgehead atoms. The van der Waals surface area contributed by atoms with E-state index in [1.165, 1.54) is 17.5 Å². The van der Waals surface area contributed by atoms with Gasteiger partial charge in [-0.05, 0) is 53.9 Å². The molecule has 0 spiro atoms. The molecule has 2 aromatic carbocycles. The number of ether oxygens (including phenoxy) is 1. The Balaban J connectivity index is 1.70. The maximum atomic E-state index is 13.1. The number of carbonyl (C=O) groups is 2. The van der Waals surface area contributed by atoms with Crippen LogP contribution in [-0.2, 0) is 32.4 Å². The topological polar surface area (TPSA) is 92.8 Å². The molecule has 0 saturated carbocycles. The van der Waals surface area contributed by atoms with Gasteiger partial charge in [-0.2, -0.15) is 0 Å². The molecule has 2 heterocycles. The number of fused-ring (bicyclic) bond motifs is 2. The summed E-state index contributed by atoms with van der Waals surface area (Å²) in [6.45, 7) is 0.302. The van der Waals surface area contributed by atoms with E-state index in [0.717, 1.165) is 5.56 Å². The monoisotopic (exact) mass is 372 g/mol. The van der Waals surface area contributed by atoms with Gasteiger partial charge >= 0.3 is 5.97 Å². The average molecular weight is 372 g/mol. The number of anilines is 2. The molecular formula is C18H16N2O5S. The molecule has 4 rings (SSSR count). The van der Waals surface area contributed by atoms with E-state index in [-0.39, 0.29) is 17.2 Å². The molecule has 0 atom stereocenters.